The van der Waals surface area contributed by atoms with Crippen LogP contribution in [-0.2, 0) is 6.54 Å². The zero-order chi connectivity index (χ0) is 16.1. The zero-order valence-electron chi connectivity index (χ0n) is 14.3. The van der Waals surface area contributed by atoms with Gasteiger partial charge in [0.15, 0.2) is 0 Å². The molecule has 23 heavy (non-hydrogen) atoms. The first-order valence-electron chi connectivity index (χ1n) is 9.04. The van der Waals surface area contributed by atoms with Gasteiger partial charge in [-0.3, -0.25) is 4.90 Å². The minimum atomic E-state index is 0.268. The molecule has 1 saturated carbocycles. The highest BCUT2D eigenvalue weighted by atomic mass is 16.5. The van der Waals surface area contributed by atoms with E-state index in [9.17, 15) is 5.11 Å². The highest BCUT2D eigenvalue weighted by molar-refractivity contribution is 5.33. The van der Waals surface area contributed by atoms with Crippen molar-refractivity contribution in [2.24, 2.45) is 0 Å². The van der Waals surface area contributed by atoms with E-state index in [4.69, 9.17) is 4.74 Å². The average molecular weight is 318 g/mol. The summed E-state index contributed by atoms with van der Waals surface area (Å²) in [5.74, 6) is 1.07. The number of ether oxygens (including phenoxy) is 1. The van der Waals surface area contributed by atoms with Crippen LogP contribution in [0.25, 0.3) is 0 Å². The number of rotatable bonds is 6. The lowest BCUT2D eigenvalue weighted by molar-refractivity contribution is 0.0733. The predicted molar refractivity (Wildman–Crippen MR) is 92.7 cm³/mol. The van der Waals surface area contributed by atoms with E-state index in [0.29, 0.717) is 12.1 Å². The van der Waals surface area contributed by atoms with Gasteiger partial charge in [0.05, 0.1) is 6.10 Å². The number of hydrogen-bond donors (Lipinski definition) is 1. The Balaban J connectivity index is 1.62. The van der Waals surface area contributed by atoms with Crippen molar-refractivity contribution < 1.29 is 9.84 Å². The second-order valence-electron chi connectivity index (χ2n) is 7.01. The minimum absolute atomic E-state index is 0.268. The topological polar surface area (TPSA) is 35.9 Å². The number of benzene rings is 1. The Hall–Kier alpha value is -1.10. The van der Waals surface area contributed by atoms with Crippen molar-refractivity contribution in [3.05, 3.63) is 29.8 Å². The van der Waals surface area contributed by atoms with Crippen LogP contribution in [0.1, 0.15) is 37.7 Å². The van der Waals surface area contributed by atoms with Crippen LogP contribution in [0.4, 0.5) is 0 Å². The molecule has 1 atom stereocenters. The number of hydrogen-bond acceptors (Lipinski definition) is 4. The highest BCUT2D eigenvalue weighted by Gasteiger charge is 2.25. The van der Waals surface area contributed by atoms with E-state index in [1.54, 1.807) is 0 Å². The Kier molecular flexibility index (Phi) is 5.92. The van der Waals surface area contributed by atoms with Gasteiger partial charge < -0.3 is 14.7 Å². The molecule has 2 fully saturated rings. The summed E-state index contributed by atoms with van der Waals surface area (Å²) in [6, 6.07) is 8.96. The van der Waals surface area contributed by atoms with E-state index in [1.165, 1.54) is 31.2 Å². The first-order chi connectivity index (χ1) is 11.3. The monoisotopic (exact) mass is 318 g/mol. The van der Waals surface area contributed by atoms with E-state index < -0.39 is 0 Å². The van der Waals surface area contributed by atoms with Crippen molar-refractivity contribution in [2.75, 3.05) is 33.3 Å². The SMILES string of the molecule is CN1CCN(Cc2ccccc2OC2CCCC2)C[C@H]1CCO. The summed E-state index contributed by atoms with van der Waals surface area (Å²) in [7, 11) is 2.16. The van der Waals surface area contributed by atoms with Gasteiger partial charge in [-0.2, -0.15) is 0 Å². The zero-order valence-corrected chi connectivity index (χ0v) is 14.3. The average Bonchev–Trinajstić information content (AvgIpc) is 3.06. The molecule has 1 aromatic rings. The van der Waals surface area contributed by atoms with Crippen molar-refractivity contribution in [3.63, 3.8) is 0 Å². The molecule has 1 heterocycles. The van der Waals surface area contributed by atoms with E-state index in [1.807, 2.05) is 0 Å². The molecular weight excluding hydrogens is 288 g/mol. The van der Waals surface area contributed by atoms with Crippen LogP contribution in [0.15, 0.2) is 24.3 Å². The first-order valence-corrected chi connectivity index (χ1v) is 9.04. The predicted octanol–water partition coefficient (Wildman–Crippen LogP) is 2.51. The molecule has 1 aliphatic heterocycles. The summed E-state index contributed by atoms with van der Waals surface area (Å²) >= 11 is 0. The first kappa shape index (κ1) is 16.7. The summed E-state index contributed by atoms with van der Waals surface area (Å²) in [5, 5.41) is 9.25. The second-order valence-corrected chi connectivity index (χ2v) is 7.01. The Morgan fingerprint density at radius 3 is 2.74 bits per heavy atom. The molecule has 0 radical (unpaired) electrons. The van der Waals surface area contributed by atoms with Crippen molar-refractivity contribution in [2.45, 2.75) is 50.8 Å². The Morgan fingerprint density at radius 2 is 1.96 bits per heavy atom. The normalized spacial score (nSPS) is 24.2. The molecule has 2 aliphatic rings. The molecule has 0 aromatic heterocycles. The van der Waals surface area contributed by atoms with E-state index in [-0.39, 0.29) is 6.61 Å². The fourth-order valence-corrected chi connectivity index (χ4v) is 3.79. The maximum atomic E-state index is 9.25. The molecule has 0 spiro atoms. The van der Waals surface area contributed by atoms with Gasteiger partial charge in [0.25, 0.3) is 0 Å². The summed E-state index contributed by atoms with van der Waals surface area (Å²) in [6.45, 7) is 4.38. The molecule has 1 aliphatic carbocycles. The van der Waals surface area contributed by atoms with Crippen LogP contribution >= 0.6 is 0 Å². The molecule has 1 aromatic carbocycles. The lowest BCUT2D eigenvalue weighted by Crippen LogP contribution is -2.51. The highest BCUT2D eigenvalue weighted by Crippen LogP contribution is 2.28. The largest absolute Gasteiger partial charge is 0.490 e. The van der Waals surface area contributed by atoms with Gasteiger partial charge in [-0.05, 0) is 45.2 Å². The van der Waals surface area contributed by atoms with E-state index >= 15 is 0 Å². The van der Waals surface area contributed by atoms with Crippen LogP contribution in [-0.4, -0.2) is 60.3 Å². The van der Waals surface area contributed by atoms with Crippen LogP contribution < -0.4 is 4.74 Å². The molecule has 4 nitrogen and oxygen atoms in total. The molecule has 0 amide bonds. The van der Waals surface area contributed by atoms with Crippen LogP contribution in [0.5, 0.6) is 5.75 Å². The van der Waals surface area contributed by atoms with Gasteiger partial charge in [-0.25, -0.2) is 0 Å². The third-order valence-corrected chi connectivity index (χ3v) is 5.29. The maximum Gasteiger partial charge on any atom is 0.124 e. The van der Waals surface area contributed by atoms with E-state index in [2.05, 4.69) is 41.1 Å². The third kappa shape index (κ3) is 4.46. The molecular formula is C19H30N2O2. The lowest BCUT2D eigenvalue weighted by Gasteiger charge is -2.39. The number of aliphatic hydroxyl groups excluding tert-OH is 1. The minimum Gasteiger partial charge on any atom is -0.490 e. The van der Waals surface area contributed by atoms with E-state index in [0.717, 1.165) is 38.3 Å². The lowest BCUT2D eigenvalue weighted by atomic mass is 10.1. The van der Waals surface area contributed by atoms with Gasteiger partial charge in [0, 0.05) is 44.4 Å². The fourth-order valence-electron chi connectivity index (χ4n) is 3.79. The van der Waals surface area contributed by atoms with Gasteiger partial charge in [-0.15, -0.1) is 0 Å². The van der Waals surface area contributed by atoms with Crippen LogP contribution in [0.3, 0.4) is 0 Å². The van der Waals surface area contributed by atoms with Gasteiger partial charge in [0.1, 0.15) is 5.75 Å². The Labute approximate surface area is 140 Å². The molecule has 128 valence electrons. The van der Waals surface area contributed by atoms with Crippen molar-refractivity contribution >= 4 is 0 Å². The van der Waals surface area contributed by atoms with Gasteiger partial charge in [0.2, 0.25) is 0 Å². The van der Waals surface area contributed by atoms with Crippen molar-refractivity contribution in [1.29, 1.82) is 0 Å². The molecule has 4 heteroatoms. The summed E-state index contributed by atoms with van der Waals surface area (Å²) in [4.78, 5) is 4.87. The number of para-hydroxylation sites is 1. The summed E-state index contributed by atoms with van der Waals surface area (Å²) in [5.41, 5.74) is 1.30. The number of nitrogens with zero attached hydrogens (tertiary/aromatic N) is 2. The van der Waals surface area contributed by atoms with Crippen LogP contribution in [0.2, 0.25) is 0 Å². The Morgan fingerprint density at radius 1 is 1.17 bits per heavy atom. The summed E-state index contributed by atoms with van der Waals surface area (Å²) in [6.07, 6.45) is 6.25. The van der Waals surface area contributed by atoms with Crippen molar-refractivity contribution in [1.82, 2.24) is 9.80 Å². The van der Waals surface area contributed by atoms with Gasteiger partial charge in [-0.1, -0.05) is 18.2 Å². The summed E-state index contributed by atoms with van der Waals surface area (Å²) < 4.78 is 6.27. The quantitative estimate of drug-likeness (QED) is 0.874. The Bertz CT molecular complexity index is 488. The molecule has 3 rings (SSSR count). The fraction of sp³-hybridized carbons (Fsp3) is 0.684. The third-order valence-electron chi connectivity index (χ3n) is 5.29. The standard InChI is InChI=1S/C19H30N2O2/c1-20-11-12-21(15-17(20)10-13-22)14-16-6-2-5-9-19(16)23-18-7-3-4-8-18/h2,5-6,9,17-18,22H,3-4,7-8,10-15H2,1H3/t17-/m1/s1. The number of aliphatic hydroxyl groups is 1. The van der Waals surface area contributed by atoms with Gasteiger partial charge >= 0.3 is 0 Å². The number of likely N-dealkylation sites (N-methyl/N-ethyl adjacent to an activating group) is 1. The molecule has 0 unspecified atom stereocenters. The van der Waals surface area contributed by atoms with Crippen LogP contribution in [0, 0.1) is 0 Å². The molecule has 0 bridgehead atoms. The second kappa shape index (κ2) is 8.13. The maximum absolute atomic E-state index is 9.25. The number of piperazine rings is 1. The van der Waals surface area contributed by atoms with Crippen molar-refractivity contribution in [3.8, 4) is 5.75 Å². The smallest absolute Gasteiger partial charge is 0.124 e. The molecule has 1 saturated heterocycles. The molecule has 1 N–H and O–H groups in total.